The molecule has 0 aromatic heterocycles. The molecule has 3 rings (SSSR count). The zero-order valence-corrected chi connectivity index (χ0v) is 19.4. The van der Waals surface area contributed by atoms with E-state index in [1.54, 1.807) is 24.3 Å². The molecule has 3 aromatic rings. The second-order valence-corrected chi connectivity index (χ2v) is 9.73. The van der Waals surface area contributed by atoms with Crippen LogP contribution in [0.25, 0.3) is 0 Å². The molecule has 0 aliphatic heterocycles. The number of sulfonamides is 1. The van der Waals surface area contributed by atoms with E-state index in [9.17, 15) is 21.6 Å². The van der Waals surface area contributed by atoms with E-state index in [4.69, 9.17) is 16.3 Å². The summed E-state index contributed by atoms with van der Waals surface area (Å²) >= 11 is 5.94. The van der Waals surface area contributed by atoms with E-state index in [0.29, 0.717) is 11.6 Å². The van der Waals surface area contributed by atoms with Gasteiger partial charge in [-0.2, -0.15) is 13.2 Å². The normalized spacial score (nSPS) is 13.2. The van der Waals surface area contributed by atoms with Gasteiger partial charge in [-0.1, -0.05) is 23.7 Å². The smallest absolute Gasteiger partial charge is 0.416 e. The first-order valence-corrected chi connectivity index (χ1v) is 11.7. The molecule has 1 N–H and O–H groups in total. The maximum atomic E-state index is 13.0. The third-order valence-electron chi connectivity index (χ3n) is 4.67. The molecule has 0 unspecified atom stereocenters. The number of halogens is 4. The summed E-state index contributed by atoms with van der Waals surface area (Å²) in [5, 5.41) is 0.550. The van der Waals surface area contributed by atoms with Crippen LogP contribution < -0.4 is 9.46 Å². The Morgan fingerprint density at radius 2 is 1.42 bits per heavy atom. The predicted octanol–water partition coefficient (Wildman–Crippen LogP) is 5.73. The molecule has 3 aromatic carbocycles. The number of hydrogen-bond donors (Lipinski definition) is 1. The van der Waals surface area contributed by atoms with Gasteiger partial charge in [-0.15, -0.1) is 0 Å². The molecule has 0 saturated heterocycles. The Morgan fingerprint density at radius 3 is 1.91 bits per heavy atom. The van der Waals surface area contributed by atoms with Crippen molar-refractivity contribution in [2.45, 2.75) is 17.1 Å². The van der Waals surface area contributed by atoms with Crippen molar-refractivity contribution in [3.05, 3.63) is 88.9 Å². The minimum Gasteiger partial charge on any atom is -0.457 e. The third-order valence-corrected chi connectivity index (χ3v) is 6.41. The largest absolute Gasteiger partial charge is 0.457 e. The average Bonchev–Trinajstić information content (AvgIpc) is 2.73. The number of nitrogens with zero attached hydrogens (tertiary/aromatic N) is 1. The van der Waals surface area contributed by atoms with Crippen LogP contribution in [0.3, 0.4) is 0 Å². The molecule has 0 aliphatic carbocycles. The van der Waals surface area contributed by atoms with Gasteiger partial charge in [0.05, 0.1) is 16.5 Å². The van der Waals surface area contributed by atoms with Crippen LogP contribution in [0.1, 0.15) is 17.2 Å². The van der Waals surface area contributed by atoms with Crippen molar-refractivity contribution in [1.82, 2.24) is 9.62 Å². The molecule has 0 heterocycles. The second-order valence-electron chi connectivity index (χ2n) is 7.58. The minimum absolute atomic E-state index is 0.0278. The molecular formula is C23H22ClF3N2O3S. The monoisotopic (exact) mass is 498 g/mol. The van der Waals surface area contributed by atoms with E-state index in [1.165, 1.54) is 36.4 Å². The summed E-state index contributed by atoms with van der Waals surface area (Å²) in [4.78, 5) is 1.89. The zero-order chi connectivity index (χ0) is 24.2. The lowest BCUT2D eigenvalue weighted by Gasteiger charge is -2.23. The summed E-state index contributed by atoms with van der Waals surface area (Å²) in [6.07, 6.45) is -4.43. The molecule has 0 aliphatic rings. The van der Waals surface area contributed by atoms with Crippen molar-refractivity contribution in [2.75, 3.05) is 20.6 Å². The minimum atomic E-state index is -4.43. The molecule has 33 heavy (non-hydrogen) atoms. The van der Waals surface area contributed by atoms with Crippen LogP contribution in [0.15, 0.2) is 77.7 Å². The summed E-state index contributed by atoms with van der Waals surface area (Å²) in [6.45, 7) is 0.427. The Hall–Kier alpha value is -2.59. The fourth-order valence-electron chi connectivity index (χ4n) is 3.06. The lowest BCUT2D eigenvalue weighted by molar-refractivity contribution is -0.137. The molecule has 0 fully saturated rings. The number of alkyl halides is 3. The molecule has 0 bridgehead atoms. The molecule has 0 radical (unpaired) electrons. The zero-order valence-electron chi connectivity index (χ0n) is 17.8. The number of nitrogens with one attached hydrogen (secondary N) is 1. The van der Waals surface area contributed by atoms with Gasteiger partial charge >= 0.3 is 6.18 Å². The molecular weight excluding hydrogens is 477 g/mol. The second kappa shape index (κ2) is 10.1. The van der Waals surface area contributed by atoms with Gasteiger partial charge in [-0.05, 0) is 80.3 Å². The van der Waals surface area contributed by atoms with Gasteiger partial charge in [0.15, 0.2) is 0 Å². The van der Waals surface area contributed by atoms with Crippen molar-refractivity contribution in [3.8, 4) is 11.5 Å². The van der Waals surface area contributed by atoms with Crippen molar-refractivity contribution in [1.29, 1.82) is 0 Å². The first kappa shape index (κ1) is 25.0. The standard InChI is InChI=1S/C23H22ClF3N2O3S/c1-29(2)15-22(16-3-7-18(24)8-4-16)28-33(30,31)21-13-11-20(12-14-21)32-19-9-5-17(6-10-19)23(25,26)27/h3-14,22,28H,15H2,1-2H3/t22-/m1/s1. The van der Waals surface area contributed by atoms with Gasteiger partial charge in [0.25, 0.3) is 0 Å². The van der Waals surface area contributed by atoms with Crippen molar-refractivity contribution < 1.29 is 26.3 Å². The number of rotatable bonds is 8. The fourth-order valence-corrected chi connectivity index (χ4v) is 4.40. The third kappa shape index (κ3) is 6.94. The van der Waals surface area contributed by atoms with E-state index in [0.717, 1.165) is 17.7 Å². The van der Waals surface area contributed by atoms with Crippen molar-refractivity contribution in [3.63, 3.8) is 0 Å². The highest BCUT2D eigenvalue weighted by Gasteiger charge is 2.30. The van der Waals surface area contributed by atoms with Crippen LogP contribution >= 0.6 is 11.6 Å². The van der Waals surface area contributed by atoms with Crippen LogP contribution in [0.5, 0.6) is 11.5 Å². The molecule has 5 nitrogen and oxygen atoms in total. The molecule has 0 spiro atoms. The summed E-state index contributed by atoms with van der Waals surface area (Å²) in [5.41, 5.74) is -0.0192. The molecule has 1 atom stereocenters. The number of ether oxygens (including phenoxy) is 1. The SMILES string of the molecule is CN(C)C[C@@H](NS(=O)(=O)c1ccc(Oc2ccc(C(F)(F)F)cc2)cc1)c1ccc(Cl)cc1. The molecule has 0 amide bonds. The van der Waals surface area contributed by atoms with E-state index in [2.05, 4.69) is 4.72 Å². The summed E-state index contributed by atoms with van der Waals surface area (Å²) < 4.78 is 72.2. The molecule has 0 saturated carbocycles. The molecule has 176 valence electrons. The topological polar surface area (TPSA) is 58.6 Å². The van der Waals surface area contributed by atoms with Crippen molar-refractivity contribution >= 4 is 21.6 Å². The van der Waals surface area contributed by atoms with Gasteiger partial charge < -0.3 is 9.64 Å². The molecule has 10 heteroatoms. The highest BCUT2D eigenvalue weighted by molar-refractivity contribution is 7.89. The van der Waals surface area contributed by atoms with E-state index in [-0.39, 0.29) is 16.4 Å². The lowest BCUT2D eigenvalue weighted by atomic mass is 10.1. The summed E-state index contributed by atoms with van der Waals surface area (Å²) in [7, 11) is -0.189. The fraction of sp³-hybridized carbons (Fsp3) is 0.217. The van der Waals surface area contributed by atoms with E-state index >= 15 is 0 Å². The van der Waals surface area contributed by atoms with Gasteiger partial charge in [0.2, 0.25) is 10.0 Å². The maximum Gasteiger partial charge on any atom is 0.416 e. The van der Waals surface area contributed by atoms with Crippen LogP contribution in [0, 0.1) is 0 Å². The Bertz CT molecular complexity index is 1170. The lowest BCUT2D eigenvalue weighted by Crippen LogP contribution is -2.35. The summed E-state index contributed by atoms with van der Waals surface area (Å²) in [5.74, 6) is 0.488. The van der Waals surface area contributed by atoms with Crippen molar-refractivity contribution in [2.24, 2.45) is 0 Å². The first-order valence-electron chi connectivity index (χ1n) is 9.82. The van der Waals surface area contributed by atoms with Crippen LogP contribution in [-0.2, 0) is 16.2 Å². The highest BCUT2D eigenvalue weighted by atomic mass is 35.5. The highest BCUT2D eigenvalue weighted by Crippen LogP contribution is 2.31. The van der Waals surface area contributed by atoms with Crippen LogP contribution in [0.2, 0.25) is 5.02 Å². The van der Waals surface area contributed by atoms with Gasteiger partial charge in [-0.3, -0.25) is 0 Å². The number of hydrogen-bond acceptors (Lipinski definition) is 4. The van der Waals surface area contributed by atoms with Gasteiger partial charge in [0, 0.05) is 11.6 Å². The van der Waals surface area contributed by atoms with Crippen LogP contribution in [0.4, 0.5) is 13.2 Å². The Labute approximate surface area is 195 Å². The number of likely N-dealkylation sites (N-methyl/N-ethyl adjacent to an activating group) is 1. The summed E-state index contributed by atoms with van der Waals surface area (Å²) in [6, 6.07) is 16.3. The quantitative estimate of drug-likeness (QED) is 0.431. The Balaban J connectivity index is 1.74. The Kier molecular flexibility index (Phi) is 7.69. The number of benzene rings is 3. The average molecular weight is 499 g/mol. The maximum absolute atomic E-state index is 13.0. The Morgan fingerprint density at radius 1 is 0.909 bits per heavy atom. The van der Waals surface area contributed by atoms with Crippen LogP contribution in [-0.4, -0.2) is 34.0 Å². The van der Waals surface area contributed by atoms with Gasteiger partial charge in [-0.25, -0.2) is 13.1 Å². The van der Waals surface area contributed by atoms with E-state index < -0.39 is 27.8 Å². The van der Waals surface area contributed by atoms with Gasteiger partial charge in [0.1, 0.15) is 11.5 Å². The predicted molar refractivity (Wildman–Crippen MR) is 121 cm³/mol. The first-order chi connectivity index (χ1) is 15.4. The van der Waals surface area contributed by atoms with E-state index in [1.807, 2.05) is 19.0 Å².